The van der Waals surface area contributed by atoms with Crippen LogP contribution in [0.1, 0.15) is 11.3 Å². The Labute approximate surface area is 181 Å². The molecular formula is C22H17N5OS2. The predicted molar refractivity (Wildman–Crippen MR) is 118 cm³/mol. The van der Waals surface area contributed by atoms with Crippen LogP contribution in [-0.2, 0) is 12.3 Å². The van der Waals surface area contributed by atoms with Crippen LogP contribution in [0.5, 0.6) is 0 Å². The van der Waals surface area contributed by atoms with Crippen LogP contribution in [0.4, 0.5) is 0 Å². The third-order valence-electron chi connectivity index (χ3n) is 4.49. The number of benzene rings is 1. The van der Waals surface area contributed by atoms with Crippen LogP contribution >= 0.6 is 23.1 Å². The molecule has 0 saturated heterocycles. The van der Waals surface area contributed by atoms with Crippen molar-refractivity contribution in [1.82, 2.24) is 24.9 Å². The minimum absolute atomic E-state index is 0.648. The zero-order valence-corrected chi connectivity index (χ0v) is 17.5. The minimum atomic E-state index is 0.648. The summed E-state index contributed by atoms with van der Waals surface area (Å²) in [6.45, 7) is 0.680. The summed E-state index contributed by atoms with van der Waals surface area (Å²) in [6.07, 6.45) is 3.57. The first-order valence-electron chi connectivity index (χ1n) is 9.36. The van der Waals surface area contributed by atoms with Gasteiger partial charge in [-0.15, -0.1) is 21.5 Å². The molecule has 0 saturated carbocycles. The van der Waals surface area contributed by atoms with Gasteiger partial charge in [0.05, 0.1) is 17.1 Å². The summed E-state index contributed by atoms with van der Waals surface area (Å²) >= 11 is 3.23. The molecule has 0 atom stereocenters. The molecule has 0 spiro atoms. The normalized spacial score (nSPS) is 11.1. The fraction of sp³-hybridized carbons (Fsp3) is 0.0909. The van der Waals surface area contributed by atoms with Gasteiger partial charge in [-0.3, -0.25) is 9.55 Å². The lowest BCUT2D eigenvalue weighted by molar-refractivity contribution is 0.427. The Morgan fingerprint density at radius 3 is 2.73 bits per heavy atom. The molecule has 0 N–H and O–H groups in total. The van der Waals surface area contributed by atoms with E-state index in [4.69, 9.17) is 4.52 Å². The number of hydrogen-bond donors (Lipinski definition) is 0. The monoisotopic (exact) mass is 431 g/mol. The van der Waals surface area contributed by atoms with Gasteiger partial charge in [-0.05, 0) is 29.1 Å². The second-order valence-corrected chi connectivity index (χ2v) is 8.46. The number of pyridine rings is 1. The lowest BCUT2D eigenvalue weighted by atomic mass is 10.2. The number of aromatic nitrogens is 5. The Balaban J connectivity index is 1.41. The third kappa shape index (κ3) is 4.05. The van der Waals surface area contributed by atoms with Crippen molar-refractivity contribution in [2.75, 3.05) is 0 Å². The average Bonchev–Trinajstić information content (AvgIpc) is 3.55. The maximum atomic E-state index is 5.49. The molecule has 0 amide bonds. The lowest BCUT2D eigenvalue weighted by Crippen LogP contribution is -2.04. The first kappa shape index (κ1) is 18.8. The van der Waals surface area contributed by atoms with Gasteiger partial charge in [0.25, 0.3) is 0 Å². The van der Waals surface area contributed by atoms with E-state index in [2.05, 4.69) is 37.0 Å². The molecule has 4 aromatic heterocycles. The van der Waals surface area contributed by atoms with Crippen LogP contribution in [0.25, 0.3) is 22.0 Å². The number of rotatable bonds is 7. The highest BCUT2D eigenvalue weighted by atomic mass is 32.2. The Bertz CT molecular complexity index is 1220. The fourth-order valence-electron chi connectivity index (χ4n) is 3.07. The SMILES string of the molecule is c1ccc(Cn2c(SCc3cc(-c4cccs4)on3)nnc2-c2cccnc2)cc1. The molecule has 0 unspecified atom stereocenters. The van der Waals surface area contributed by atoms with E-state index in [1.807, 2.05) is 60.1 Å². The van der Waals surface area contributed by atoms with Crippen molar-refractivity contribution in [2.45, 2.75) is 17.5 Å². The van der Waals surface area contributed by atoms with Gasteiger partial charge < -0.3 is 4.52 Å². The van der Waals surface area contributed by atoms with Gasteiger partial charge in [-0.25, -0.2) is 0 Å². The van der Waals surface area contributed by atoms with Crippen molar-refractivity contribution >= 4 is 23.1 Å². The molecule has 0 bridgehead atoms. The van der Waals surface area contributed by atoms with Gasteiger partial charge >= 0.3 is 0 Å². The third-order valence-corrected chi connectivity index (χ3v) is 6.38. The average molecular weight is 432 g/mol. The quantitative estimate of drug-likeness (QED) is 0.322. The van der Waals surface area contributed by atoms with Gasteiger partial charge in [-0.1, -0.05) is 53.3 Å². The summed E-state index contributed by atoms with van der Waals surface area (Å²) in [7, 11) is 0. The van der Waals surface area contributed by atoms with E-state index in [9.17, 15) is 0 Å². The Kier molecular flexibility index (Phi) is 5.41. The first-order valence-corrected chi connectivity index (χ1v) is 11.2. The second kappa shape index (κ2) is 8.64. The summed E-state index contributed by atoms with van der Waals surface area (Å²) in [5, 5.41) is 16.0. The van der Waals surface area contributed by atoms with E-state index in [1.54, 1.807) is 29.3 Å². The van der Waals surface area contributed by atoms with E-state index in [-0.39, 0.29) is 0 Å². The maximum Gasteiger partial charge on any atom is 0.192 e. The molecule has 6 nitrogen and oxygen atoms in total. The van der Waals surface area contributed by atoms with Crippen molar-refractivity contribution < 1.29 is 4.52 Å². The van der Waals surface area contributed by atoms with E-state index in [0.717, 1.165) is 32.9 Å². The summed E-state index contributed by atoms with van der Waals surface area (Å²) in [4.78, 5) is 5.30. The largest absolute Gasteiger partial charge is 0.355 e. The standard InChI is InChI=1S/C22H17N5OS2/c1-2-6-16(7-3-1)14-27-21(17-8-4-10-23-13-17)24-25-22(27)30-15-18-12-19(28-26-18)20-9-5-11-29-20/h1-13H,14-15H2. The summed E-state index contributed by atoms with van der Waals surface area (Å²) < 4.78 is 7.62. The molecule has 4 heterocycles. The molecule has 0 aliphatic carbocycles. The minimum Gasteiger partial charge on any atom is -0.355 e. The van der Waals surface area contributed by atoms with Crippen LogP contribution in [0.3, 0.4) is 0 Å². The number of hydrogen-bond acceptors (Lipinski definition) is 7. The van der Waals surface area contributed by atoms with Crippen molar-refractivity contribution in [3.63, 3.8) is 0 Å². The molecule has 0 fully saturated rings. The summed E-state index contributed by atoms with van der Waals surface area (Å²) in [6, 6.07) is 20.2. The van der Waals surface area contributed by atoms with Crippen molar-refractivity contribution in [1.29, 1.82) is 0 Å². The molecule has 5 aromatic rings. The smallest absolute Gasteiger partial charge is 0.192 e. The molecule has 8 heteroatoms. The van der Waals surface area contributed by atoms with Crippen LogP contribution in [0.15, 0.2) is 88.1 Å². The van der Waals surface area contributed by atoms with Gasteiger partial charge in [0.15, 0.2) is 16.7 Å². The molecule has 5 rings (SSSR count). The Morgan fingerprint density at radius 2 is 1.93 bits per heavy atom. The first-order chi connectivity index (χ1) is 14.9. The zero-order valence-electron chi connectivity index (χ0n) is 15.9. The summed E-state index contributed by atoms with van der Waals surface area (Å²) in [5.41, 5.74) is 3.00. The van der Waals surface area contributed by atoms with Crippen LogP contribution in [0, 0.1) is 0 Å². The Morgan fingerprint density at radius 1 is 1.00 bits per heavy atom. The lowest BCUT2D eigenvalue weighted by Gasteiger charge is -2.10. The number of thioether (sulfide) groups is 1. The molecule has 30 heavy (non-hydrogen) atoms. The highest BCUT2D eigenvalue weighted by Crippen LogP contribution is 2.29. The van der Waals surface area contributed by atoms with Gasteiger partial charge in [0, 0.05) is 29.8 Å². The molecule has 148 valence electrons. The Hall–Kier alpha value is -3.23. The number of nitrogens with zero attached hydrogens (tertiary/aromatic N) is 5. The van der Waals surface area contributed by atoms with Crippen molar-refractivity contribution in [3.8, 4) is 22.0 Å². The molecule has 0 aliphatic heterocycles. The van der Waals surface area contributed by atoms with E-state index < -0.39 is 0 Å². The van der Waals surface area contributed by atoms with Gasteiger partial charge in [0.2, 0.25) is 0 Å². The van der Waals surface area contributed by atoms with Crippen LogP contribution in [-0.4, -0.2) is 24.9 Å². The van der Waals surface area contributed by atoms with E-state index >= 15 is 0 Å². The highest BCUT2D eigenvalue weighted by Gasteiger charge is 2.16. The molecule has 1 aromatic carbocycles. The van der Waals surface area contributed by atoms with Gasteiger partial charge in [-0.2, -0.15) is 0 Å². The second-order valence-electron chi connectivity index (χ2n) is 6.57. The molecular weight excluding hydrogens is 414 g/mol. The molecule has 0 aliphatic rings. The van der Waals surface area contributed by atoms with E-state index in [1.165, 1.54) is 5.56 Å². The van der Waals surface area contributed by atoms with Crippen LogP contribution < -0.4 is 0 Å². The van der Waals surface area contributed by atoms with Crippen molar-refractivity contribution in [3.05, 3.63) is 89.7 Å². The van der Waals surface area contributed by atoms with Gasteiger partial charge in [0.1, 0.15) is 0 Å². The maximum absolute atomic E-state index is 5.49. The van der Waals surface area contributed by atoms with Crippen molar-refractivity contribution in [2.24, 2.45) is 0 Å². The topological polar surface area (TPSA) is 69.6 Å². The van der Waals surface area contributed by atoms with E-state index in [0.29, 0.717) is 12.3 Å². The predicted octanol–water partition coefficient (Wildman–Crippen LogP) is 5.40. The zero-order chi connectivity index (χ0) is 20.2. The molecule has 0 radical (unpaired) electrons. The van der Waals surface area contributed by atoms with Crippen LogP contribution in [0.2, 0.25) is 0 Å². The summed E-state index contributed by atoms with van der Waals surface area (Å²) in [5.74, 6) is 2.24. The fourth-order valence-corrected chi connectivity index (χ4v) is 4.56. The highest BCUT2D eigenvalue weighted by molar-refractivity contribution is 7.98. The number of thiophene rings is 1.